The maximum Gasteiger partial charge on any atom is 0.227 e. The van der Waals surface area contributed by atoms with E-state index < -0.39 is 0 Å². The molecule has 1 heterocycles. The molecule has 0 bridgehead atoms. The van der Waals surface area contributed by atoms with E-state index in [1.54, 1.807) is 19.1 Å². The molecule has 1 unspecified atom stereocenters. The first-order valence-electron chi connectivity index (χ1n) is 6.58. The Bertz CT molecular complexity index is 485. The third-order valence-electron chi connectivity index (χ3n) is 3.39. The number of hydrogen-bond acceptors (Lipinski definition) is 2. The first kappa shape index (κ1) is 13.7. The van der Waals surface area contributed by atoms with Crippen LogP contribution in [-0.4, -0.2) is 25.5 Å². The van der Waals surface area contributed by atoms with E-state index in [0.29, 0.717) is 12.1 Å². The fraction of sp³-hybridized carbons (Fsp3) is 0.400. The van der Waals surface area contributed by atoms with Gasteiger partial charge in [0.2, 0.25) is 5.91 Å². The zero-order valence-electron chi connectivity index (χ0n) is 11.1. The van der Waals surface area contributed by atoms with Crippen molar-refractivity contribution in [3.8, 4) is 0 Å². The van der Waals surface area contributed by atoms with E-state index in [-0.39, 0.29) is 17.6 Å². The smallest absolute Gasteiger partial charge is 0.227 e. The Morgan fingerprint density at radius 2 is 2.37 bits per heavy atom. The van der Waals surface area contributed by atoms with E-state index in [9.17, 15) is 9.18 Å². The van der Waals surface area contributed by atoms with Gasteiger partial charge in [-0.2, -0.15) is 0 Å². The molecule has 0 aliphatic carbocycles. The summed E-state index contributed by atoms with van der Waals surface area (Å²) in [5.41, 5.74) is 1.95. The highest BCUT2D eigenvalue weighted by molar-refractivity contribution is 5.83. The molecule has 1 aromatic carbocycles. The van der Waals surface area contributed by atoms with Crippen molar-refractivity contribution >= 4 is 5.91 Å². The van der Waals surface area contributed by atoms with Crippen LogP contribution in [0.25, 0.3) is 0 Å². The van der Waals surface area contributed by atoms with Gasteiger partial charge in [-0.05, 0) is 37.6 Å². The van der Waals surface area contributed by atoms with Gasteiger partial charge >= 0.3 is 0 Å². The molecule has 0 fully saturated rings. The second-order valence-corrected chi connectivity index (χ2v) is 4.81. The first-order chi connectivity index (χ1) is 9.16. The molecule has 0 spiro atoms. The summed E-state index contributed by atoms with van der Waals surface area (Å²) in [4.78, 5) is 12.0. The number of benzene rings is 1. The molecular weight excluding hydrogens is 243 g/mol. The summed E-state index contributed by atoms with van der Waals surface area (Å²) in [5.74, 6) is -0.707. The standard InChI is InChI=1S/C15H19FN2O/c1-11(13-3-2-4-14(16)9-13)15(19)18-10-12-5-7-17-8-6-12/h2-5,9,11,17H,6-8,10H2,1H3,(H,18,19). The molecule has 102 valence electrons. The number of carbonyl (C=O) groups is 1. The van der Waals surface area contributed by atoms with Gasteiger partial charge in [0.15, 0.2) is 0 Å². The molecule has 0 saturated carbocycles. The molecular formula is C15H19FN2O. The van der Waals surface area contributed by atoms with Crippen LogP contribution < -0.4 is 10.6 Å². The van der Waals surface area contributed by atoms with Crippen molar-refractivity contribution in [3.63, 3.8) is 0 Å². The second kappa shape index (κ2) is 6.48. The van der Waals surface area contributed by atoms with E-state index in [2.05, 4.69) is 16.7 Å². The van der Waals surface area contributed by atoms with Crippen LogP contribution in [0, 0.1) is 5.82 Å². The Morgan fingerprint density at radius 1 is 1.53 bits per heavy atom. The molecule has 0 radical (unpaired) electrons. The van der Waals surface area contributed by atoms with Gasteiger partial charge < -0.3 is 10.6 Å². The molecule has 19 heavy (non-hydrogen) atoms. The van der Waals surface area contributed by atoms with E-state index >= 15 is 0 Å². The Hall–Kier alpha value is -1.68. The average Bonchev–Trinajstić information content (AvgIpc) is 2.45. The average molecular weight is 262 g/mol. The predicted molar refractivity (Wildman–Crippen MR) is 73.4 cm³/mol. The van der Waals surface area contributed by atoms with Crippen LogP contribution in [-0.2, 0) is 4.79 Å². The molecule has 1 amide bonds. The highest BCUT2D eigenvalue weighted by Crippen LogP contribution is 2.16. The van der Waals surface area contributed by atoms with Gasteiger partial charge in [0.25, 0.3) is 0 Å². The van der Waals surface area contributed by atoms with Gasteiger partial charge in [-0.3, -0.25) is 4.79 Å². The maximum absolute atomic E-state index is 13.1. The predicted octanol–water partition coefficient (Wildman–Crippen LogP) is 1.97. The number of nitrogens with one attached hydrogen (secondary N) is 2. The minimum absolute atomic E-state index is 0.0648. The Kier molecular flexibility index (Phi) is 4.68. The normalized spacial score (nSPS) is 16.6. The van der Waals surface area contributed by atoms with Gasteiger partial charge in [0.1, 0.15) is 5.82 Å². The Morgan fingerprint density at radius 3 is 3.05 bits per heavy atom. The van der Waals surface area contributed by atoms with Crippen molar-refractivity contribution in [2.75, 3.05) is 19.6 Å². The number of rotatable bonds is 4. The molecule has 1 aromatic rings. The first-order valence-corrected chi connectivity index (χ1v) is 6.58. The largest absolute Gasteiger partial charge is 0.352 e. The van der Waals surface area contributed by atoms with Crippen molar-refractivity contribution in [2.45, 2.75) is 19.3 Å². The lowest BCUT2D eigenvalue weighted by Gasteiger charge is -2.17. The highest BCUT2D eigenvalue weighted by atomic mass is 19.1. The van der Waals surface area contributed by atoms with Crippen LogP contribution in [0.5, 0.6) is 0 Å². The second-order valence-electron chi connectivity index (χ2n) is 4.81. The Labute approximate surface area is 112 Å². The molecule has 0 aromatic heterocycles. The third-order valence-corrected chi connectivity index (χ3v) is 3.39. The molecule has 0 saturated heterocycles. The van der Waals surface area contributed by atoms with Crippen molar-refractivity contribution < 1.29 is 9.18 Å². The summed E-state index contributed by atoms with van der Waals surface area (Å²) in [7, 11) is 0. The third kappa shape index (κ3) is 3.89. The summed E-state index contributed by atoms with van der Waals surface area (Å²) < 4.78 is 13.1. The number of amides is 1. The fourth-order valence-corrected chi connectivity index (χ4v) is 2.11. The summed E-state index contributed by atoms with van der Waals surface area (Å²) >= 11 is 0. The maximum atomic E-state index is 13.1. The van der Waals surface area contributed by atoms with Gasteiger partial charge in [-0.25, -0.2) is 4.39 Å². The van der Waals surface area contributed by atoms with Gasteiger partial charge in [-0.1, -0.05) is 23.8 Å². The molecule has 4 heteroatoms. The lowest BCUT2D eigenvalue weighted by atomic mass is 10.00. The van der Waals surface area contributed by atoms with Crippen molar-refractivity contribution in [3.05, 3.63) is 47.3 Å². The minimum Gasteiger partial charge on any atom is -0.352 e. The van der Waals surface area contributed by atoms with Crippen LogP contribution in [0.2, 0.25) is 0 Å². The lowest BCUT2D eigenvalue weighted by molar-refractivity contribution is -0.122. The van der Waals surface area contributed by atoms with Crippen molar-refractivity contribution in [1.29, 1.82) is 0 Å². The number of carbonyl (C=O) groups excluding carboxylic acids is 1. The molecule has 2 rings (SSSR count). The van der Waals surface area contributed by atoms with Crippen LogP contribution in [0.3, 0.4) is 0 Å². The van der Waals surface area contributed by atoms with E-state index in [0.717, 1.165) is 19.5 Å². The SMILES string of the molecule is CC(C(=O)NCC1=CCNCC1)c1cccc(F)c1. The molecule has 3 nitrogen and oxygen atoms in total. The zero-order valence-corrected chi connectivity index (χ0v) is 11.1. The fourth-order valence-electron chi connectivity index (χ4n) is 2.11. The number of hydrogen-bond donors (Lipinski definition) is 2. The quantitative estimate of drug-likeness (QED) is 0.814. The molecule has 1 aliphatic rings. The lowest BCUT2D eigenvalue weighted by Crippen LogP contribution is -2.32. The Balaban J connectivity index is 1.90. The van der Waals surface area contributed by atoms with Crippen LogP contribution >= 0.6 is 0 Å². The highest BCUT2D eigenvalue weighted by Gasteiger charge is 2.15. The summed E-state index contributed by atoms with van der Waals surface area (Å²) in [5, 5.41) is 6.14. The number of halogens is 1. The summed E-state index contributed by atoms with van der Waals surface area (Å²) in [6, 6.07) is 6.20. The van der Waals surface area contributed by atoms with E-state index in [1.807, 2.05) is 0 Å². The van der Waals surface area contributed by atoms with Crippen LogP contribution in [0.15, 0.2) is 35.9 Å². The minimum atomic E-state index is -0.335. The van der Waals surface area contributed by atoms with Gasteiger partial charge in [0, 0.05) is 13.1 Å². The van der Waals surface area contributed by atoms with E-state index in [4.69, 9.17) is 0 Å². The van der Waals surface area contributed by atoms with Crippen molar-refractivity contribution in [1.82, 2.24) is 10.6 Å². The van der Waals surface area contributed by atoms with Gasteiger partial charge in [-0.15, -0.1) is 0 Å². The molecule has 2 N–H and O–H groups in total. The van der Waals surface area contributed by atoms with Gasteiger partial charge in [0.05, 0.1) is 5.92 Å². The van der Waals surface area contributed by atoms with Crippen molar-refractivity contribution in [2.24, 2.45) is 0 Å². The van der Waals surface area contributed by atoms with Crippen LogP contribution in [0.4, 0.5) is 4.39 Å². The van der Waals surface area contributed by atoms with Crippen LogP contribution in [0.1, 0.15) is 24.8 Å². The van der Waals surface area contributed by atoms with E-state index in [1.165, 1.54) is 17.7 Å². The molecule has 1 aliphatic heterocycles. The summed E-state index contributed by atoms with van der Waals surface area (Å²) in [6.07, 6.45) is 3.07. The topological polar surface area (TPSA) is 41.1 Å². The molecule has 1 atom stereocenters. The monoisotopic (exact) mass is 262 g/mol. The summed E-state index contributed by atoms with van der Waals surface area (Å²) in [6.45, 7) is 4.20. The zero-order chi connectivity index (χ0) is 13.7.